The van der Waals surface area contributed by atoms with E-state index in [9.17, 15) is 17.6 Å². The Hall–Kier alpha value is -3.37. The molecular weight excluding hydrogens is 433 g/mol. The summed E-state index contributed by atoms with van der Waals surface area (Å²) < 4.78 is 38.5. The molecule has 0 unspecified atom stereocenters. The first kappa shape index (κ1) is 21.3. The second-order valence-corrected chi connectivity index (χ2v) is 8.46. The van der Waals surface area contributed by atoms with Crippen LogP contribution in [0, 0.1) is 5.82 Å². The number of halogens is 2. The summed E-state index contributed by atoms with van der Waals surface area (Å²) in [6, 6.07) is 8.30. The summed E-state index contributed by atoms with van der Waals surface area (Å²) in [5.74, 6) is -0.834. The minimum Gasteiger partial charge on any atom is -0.353 e. The number of sulfone groups is 1. The second kappa shape index (κ2) is 8.56. The lowest BCUT2D eigenvalue weighted by Crippen LogP contribution is -2.10. The highest BCUT2D eigenvalue weighted by atomic mass is 35.5. The van der Waals surface area contributed by atoms with Gasteiger partial charge in [-0.05, 0) is 36.4 Å². The van der Waals surface area contributed by atoms with E-state index < -0.39 is 21.6 Å². The lowest BCUT2D eigenvalue weighted by atomic mass is 10.1. The van der Waals surface area contributed by atoms with Crippen LogP contribution in [0.3, 0.4) is 0 Å². The molecule has 1 aromatic carbocycles. The van der Waals surface area contributed by atoms with Gasteiger partial charge in [0.15, 0.2) is 9.84 Å². The molecule has 0 atom stereocenters. The van der Waals surface area contributed by atoms with Crippen molar-refractivity contribution in [1.82, 2.24) is 15.2 Å². The molecule has 2 heterocycles. The van der Waals surface area contributed by atoms with Crippen LogP contribution in [0.1, 0.15) is 0 Å². The van der Waals surface area contributed by atoms with Crippen LogP contribution in [0.4, 0.5) is 21.6 Å². The number of nitrogens with one attached hydrogen (secondary N) is 2. The number of anilines is 3. The molecule has 0 bridgehead atoms. The molecule has 3 aromatic rings. The number of carbonyl (C=O) groups is 1. The molecule has 11 heteroatoms. The molecule has 154 valence electrons. The van der Waals surface area contributed by atoms with E-state index in [0.717, 1.165) is 12.3 Å². The molecule has 0 spiro atoms. The standard InChI is InChI=1S/C19H15ClFN5O3S/c1-3-18(27)24-17-9-12(6-7-22-17)23-16-10-15(25-26-19(16)30(2,28)29)13-8-11(20)4-5-14(13)21/h3-10H,1H2,2H3,(H2,22,23,24,25,27). The minimum absolute atomic E-state index is 0.0618. The van der Waals surface area contributed by atoms with E-state index in [0.29, 0.717) is 5.69 Å². The topological polar surface area (TPSA) is 114 Å². The number of aromatic nitrogens is 3. The average molecular weight is 448 g/mol. The number of rotatable bonds is 6. The Labute approximate surface area is 176 Å². The average Bonchev–Trinajstić information content (AvgIpc) is 2.69. The highest BCUT2D eigenvalue weighted by Gasteiger charge is 2.19. The molecule has 0 radical (unpaired) electrons. The van der Waals surface area contributed by atoms with Crippen LogP contribution in [0.15, 0.2) is 60.3 Å². The van der Waals surface area contributed by atoms with Gasteiger partial charge in [0.05, 0.1) is 11.4 Å². The van der Waals surface area contributed by atoms with Gasteiger partial charge in [-0.15, -0.1) is 10.2 Å². The number of hydrogen-bond acceptors (Lipinski definition) is 7. The molecule has 1 amide bonds. The monoisotopic (exact) mass is 447 g/mol. The maximum Gasteiger partial charge on any atom is 0.248 e. The Kier molecular flexibility index (Phi) is 6.09. The fraction of sp³-hybridized carbons (Fsp3) is 0.0526. The predicted octanol–water partition coefficient (Wildman–Crippen LogP) is 3.60. The molecule has 0 fully saturated rings. The molecule has 8 nitrogen and oxygen atoms in total. The van der Waals surface area contributed by atoms with Crippen LogP contribution in [-0.2, 0) is 14.6 Å². The summed E-state index contributed by atoms with van der Waals surface area (Å²) in [5, 5.41) is 13.0. The van der Waals surface area contributed by atoms with Gasteiger partial charge < -0.3 is 10.6 Å². The largest absolute Gasteiger partial charge is 0.353 e. The Bertz CT molecular complexity index is 1250. The third-order valence-electron chi connectivity index (χ3n) is 3.79. The van der Waals surface area contributed by atoms with E-state index in [2.05, 4.69) is 32.4 Å². The van der Waals surface area contributed by atoms with E-state index in [1.165, 1.54) is 36.5 Å². The van der Waals surface area contributed by atoms with Crippen LogP contribution < -0.4 is 10.6 Å². The lowest BCUT2D eigenvalue weighted by molar-refractivity contribution is -0.111. The van der Waals surface area contributed by atoms with Crippen LogP contribution in [-0.4, -0.2) is 35.8 Å². The van der Waals surface area contributed by atoms with Crippen LogP contribution in [0.25, 0.3) is 11.3 Å². The molecule has 30 heavy (non-hydrogen) atoms. The third kappa shape index (κ3) is 4.97. The van der Waals surface area contributed by atoms with Gasteiger partial charge in [0.2, 0.25) is 10.9 Å². The number of amides is 1. The molecule has 3 rings (SSSR count). The van der Waals surface area contributed by atoms with Gasteiger partial charge in [-0.25, -0.2) is 17.8 Å². The highest BCUT2D eigenvalue weighted by Crippen LogP contribution is 2.30. The molecule has 0 aliphatic carbocycles. The van der Waals surface area contributed by atoms with Gasteiger partial charge in [0.1, 0.15) is 11.6 Å². The fourth-order valence-corrected chi connectivity index (χ4v) is 3.35. The molecule has 0 aliphatic heterocycles. The summed E-state index contributed by atoms with van der Waals surface area (Å²) in [7, 11) is -3.76. The normalized spacial score (nSPS) is 11.0. The van der Waals surface area contributed by atoms with Gasteiger partial charge in [-0.1, -0.05) is 18.2 Å². The SMILES string of the molecule is C=CC(=O)Nc1cc(Nc2cc(-c3cc(Cl)ccc3F)nnc2S(C)(=O)=O)ccn1. The van der Waals surface area contributed by atoms with Crippen molar-refractivity contribution in [3.05, 3.63) is 66.1 Å². The van der Waals surface area contributed by atoms with Gasteiger partial charge in [-0.3, -0.25) is 4.79 Å². The van der Waals surface area contributed by atoms with E-state index in [4.69, 9.17) is 11.6 Å². The summed E-state index contributed by atoms with van der Waals surface area (Å²) >= 11 is 5.94. The van der Waals surface area contributed by atoms with Crippen molar-refractivity contribution in [2.45, 2.75) is 5.03 Å². The summed E-state index contributed by atoms with van der Waals surface area (Å²) in [6.45, 7) is 3.36. The minimum atomic E-state index is -3.76. The second-order valence-electron chi connectivity index (χ2n) is 6.09. The lowest BCUT2D eigenvalue weighted by Gasteiger charge is -2.12. The molecule has 2 aromatic heterocycles. The predicted molar refractivity (Wildman–Crippen MR) is 112 cm³/mol. The molecule has 0 saturated heterocycles. The summed E-state index contributed by atoms with van der Waals surface area (Å²) in [6.07, 6.45) is 3.47. The van der Waals surface area contributed by atoms with Crippen molar-refractivity contribution in [3.8, 4) is 11.3 Å². The Morgan fingerprint density at radius 3 is 2.67 bits per heavy atom. The van der Waals surface area contributed by atoms with Gasteiger partial charge >= 0.3 is 0 Å². The van der Waals surface area contributed by atoms with Crippen molar-refractivity contribution in [3.63, 3.8) is 0 Å². The van der Waals surface area contributed by atoms with Crippen molar-refractivity contribution in [2.24, 2.45) is 0 Å². The Balaban J connectivity index is 2.06. The van der Waals surface area contributed by atoms with E-state index in [1.54, 1.807) is 6.07 Å². The van der Waals surface area contributed by atoms with Crippen molar-refractivity contribution >= 4 is 44.5 Å². The fourth-order valence-electron chi connectivity index (χ4n) is 2.48. The van der Waals surface area contributed by atoms with E-state index in [-0.39, 0.29) is 32.8 Å². The van der Waals surface area contributed by atoms with Crippen LogP contribution in [0.2, 0.25) is 5.02 Å². The van der Waals surface area contributed by atoms with Crippen molar-refractivity contribution < 1.29 is 17.6 Å². The maximum atomic E-state index is 14.2. The van der Waals surface area contributed by atoms with E-state index in [1.807, 2.05) is 0 Å². The zero-order valence-electron chi connectivity index (χ0n) is 15.6. The number of benzene rings is 1. The molecule has 2 N–H and O–H groups in total. The van der Waals surface area contributed by atoms with Gasteiger partial charge in [-0.2, -0.15) is 0 Å². The first-order chi connectivity index (χ1) is 14.2. The first-order valence-corrected chi connectivity index (χ1v) is 10.6. The quantitative estimate of drug-likeness (QED) is 0.555. The Morgan fingerprint density at radius 2 is 1.97 bits per heavy atom. The number of hydrogen-bond donors (Lipinski definition) is 2. The zero-order chi connectivity index (χ0) is 21.9. The van der Waals surface area contributed by atoms with Crippen LogP contribution >= 0.6 is 11.6 Å². The van der Waals surface area contributed by atoms with E-state index >= 15 is 0 Å². The molecule has 0 aliphatic rings. The summed E-state index contributed by atoms with van der Waals surface area (Å²) in [5.41, 5.74) is 0.611. The zero-order valence-corrected chi connectivity index (χ0v) is 17.1. The van der Waals surface area contributed by atoms with Crippen molar-refractivity contribution in [2.75, 3.05) is 16.9 Å². The number of carbonyl (C=O) groups excluding carboxylic acids is 1. The smallest absolute Gasteiger partial charge is 0.248 e. The summed E-state index contributed by atoms with van der Waals surface area (Å²) in [4.78, 5) is 15.5. The first-order valence-electron chi connectivity index (χ1n) is 8.37. The maximum absolute atomic E-state index is 14.2. The van der Waals surface area contributed by atoms with Gasteiger partial charge in [0, 0.05) is 34.8 Å². The highest BCUT2D eigenvalue weighted by molar-refractivity contribution is 7.90. The Morgan fingerprint density at radius 1 is 1.20 bits per heavy atom. The van der Waals surface area contributed by atoms with Crippen molar-refractivity contribution in [1.29, 1.82) is 0 Å². The molecular formula is C19H15ClFN5O3S. The third-order valence-corrected chi connectivity index (χ3v) is 5.03. The number of pyridine rings is 1. The van der Waals surface area contributed by atoms with Crippen LogP contribution in [0.5, 0.6) is 0 Å². The molecule has 0 saturated carbocycles. The number of nitrogens with zero attached hydrogens (tertiary/aromatic N) is 3. The van der Waals surface area contributed by atoms with Gasteiger partial charge in [0.25, 0.3) is 0 Å².